The normalized spacial score (nSPS) is 16.4. The predicted octanol–water partition coefficient (Wildman–Crippen LogP) is 3.73. The van der Waals surface area contributed by atoms with Crippen LogP contribution in [0.3, 0.4) is 0 Å². The van der Waals surface area contributed by atoms with Crippen LogP contribution in [0.2, 0.25) is 0 Å². The van der Waals surface area contributed by atoms with Gasteiger partial charge in [-0.05, 0) is 55.4 Å². The molecule has 5 nitrogen and oxygen atoms in total. The Bertz CT molecular complexity index is 847. The van der Waals surface area contributed by atoms with Crippen molar-refractivity contribution in [1.29, 1.82) is 0 Å². The maximum absolute atomic E-state index is 13.9. The molecule has 2 atom stereocenters. The minimum atomic E-state index is -0.956. The van der Waals surface area contributed by atoms with Crippen LogP contribution in [0.4, 0.5) is 8.78 Å². The number of carbonyl (C=O) groups is 2. The van der Waals surface area contributed by atoms with Crippen LogP contribution < -0.4 is 10.6 Å². The number of rotatable bonds is 8. The number of carbonyl (C=O) groups excluding carboxylic acids is 2. The minimum absolute atomic E-state index is 0.0731. The number of nitrogens with one attached hydrogen (secondary N) is 2. The minimum Gasteiger partial charge on any atom is -0.352 e. The largest absolute Gasteiger partial charge is 0.352 e. The molecule has 0 saturated carbocycles. The fraction of sp³-hybridized carbons (Fsp3) is 0.455. The predicted molar refractivity (Wildman–Crippen MR) is 113 cm³/mol. The van der Waals surface area contributed by atoms with Crippen LogP contribution >= 0.6 is 11.3 Å². The number of likely N-dealkylation sites (tertiary alicyclic amines) is 1. The summed E-state index contributed by atoms with van der Waals surface area (Å²) in [6.45, 7) is 5.93. The summed E-state index contributed by atoms with van der Waals surface area (Å²) in [4.78, 5) is 28.9. The highest BCUT2D eigenvalue weighted by molar-refractivity contribution is 7.10. The molecule has 1 aliphatic heterocycles. The lowest BCUT2D eigenvalue weighted by Gasteiger charge is -2.28. The maximum Gasteiger partial charge on any atom is 0.257 e. The summed E-state index contributed by atoms with van der Waals surface area (Å²) in [6.07, 6.45) is 2.27. The molecule has 0 bridgehead atoms. The van der Waals surface area contributed by atoms with Gasteiger partial charge in [-0.15, -0.1) is 11.3 Å². The van der Waals surface area contributed by atoms with E-state index in [2.05, 4.69) is 21.6 Å². The summed E-state index contributed by atoms with van der Waals surface area (Å²) in [5.41, 5.74) is -0.676. The second-order valence-electron chi connectivity index (χ2n) is 7.81. The van der Waals surface area contributed by atoms with Crippen LogP contribution in [0, 0.1) is 17.6 Å². The van der Waals surface area contributed by atoms with Gasteiger partial charge in [0.2, 0.25) is 5.91 Å². The topological polar surface area (TPSA) is 61.4 Å². The average molecular weight is 436 g/mol. The van der Waals surface area contributed by atoms with Gasteiger partial charge in [-0.2, -0.15) is 0 Å². The SMILES string of the molecule is CC(C)[C@@H](NC(=O)c1c(F)cccc1F)C(=O)NC[C@H](c1cccs1)N1CCCC1. The number of halogens is 2. The van der Waals surface area contributed by atoms with E-state index in [4.69, 9.17) is 0 Å². The van der Waals surface area contributed by atoms with Gasteiger partial charge in [-0.25, -0.2) is 8.78 Å². The molecule has 2 aromatic rings. The average Bonchev–Trinajstić information content (AvgIpc) is 3.40. The number of benzene rings is 1. The van der Waals surface area contributed by atoms with Crippen molar-refractivity contribution in [3.8, 4) is 0 Å². The number of nitrogens with zero attached hydrogens (tertiary/aromatic N) is 1. The zero-order chi connectivity index (χ0) is 21.7. The highest BCUT2D eigenvalue weighted by atomic mass is 32.1. The summed E-state index contributed by atoms with van der Waals surface area (Å²) in [5, 5.41) is 7.45. The van der Waals surface area contributed by atoms with E-state index in [9.17, 15) is 18.4 Å². The quantitative estimate of drug-likeness (QED) is 0.664. The van der Waals surface area contributed by atoms with Gasteiger partial charge in [0.15, 0.2) is 0 Å². The van der Waals surface area contributed by atoms with Crippen LogP contribution in [0.15, 0.2) is 35.7 Å². The van der Waals surface area contributed by atoms with Crippen LogP contribution in [-0.2, 0) is 4.79 Å². The Balaban J connectivity index is 1.68. The van der Waals surface area contributed by atoms with E-state index in [1.54, 1.807) is 25.2 Å². The monoisotopic (exact) mass is 435 g/mol. The molecule has 30 heavy (non-hydrogen) atoms. The molecule has 0 unspecified atom stereocenters. The van der Waals surface area contributed by atoms with Crippen molar-refractivity contribution >= 4 is 23.2 Å². The smallest absolute Gasteiger partial charge is 0.257 e. The molecule has 0 spiro atoms. The molecular weight excluding hydrogens is 408 g/mol. The molecule has 0 aliphatic carbocycles. The zero-order valence-electron chi connectivity index (χ0n) is 17.2. The first-order chi connectivity index (χ1) is 14.4. The molecule has 1 fully saturated rings. The van der Waals surface area contributed by atoms with Crippen molar-refractivity contribution in [3.05, 3.63) is 57.8 Å². The highest BCUT2D eigenvalue weighted by Crippen LogP contribution is 2.28. The van der Waals surface area contributed by atoms with E-state index in [0.29, 0.717) is 6.54 Å². The van der Waals surface area contributed by atoms with E-state index < -0.39 is 29.1 Å². The van der Waals surface area contributed by atoms with Crippen molar-refractivity contribution in [2.24, 2.45) is 5.92 Å². The molecule has 2 N–H and O–H groups in total. The summed E-state index contributed by atoms with van der Waals surface area (Å²) in [7, 11) is 0. The van der Waals surface area contributed by atoms with Gasteiger partial charge in [0, 0.05) is 11.4 Å². The number of amides is 2. The van der Waals surface area contributed by atoms with Crippen LogP contribution in [-0.4, -0.2) is 42.4 Å². The van der Waals surface area contributed by atoms with E-state index >= 15 is 0 Å². The first kappa shape index (κ1) is 22.4. The van der Waals surface area contributed by atoms with E-state index in [1.165, 1.54) is 10.9 Å². The van der Waals surface area contributed by atoms with Gasteiger partial charge >= 0.3 is 0 Å². The third kappa shape index (κ3) is 5.23. The Hall–Kier alpha value is -2.32. The molecule has 2 heterocycles. The van der Waals surface area contributed by atoms with Gasteiger partial charge < -0.3 is 10.6 Å². The number of thiophene rings is 1. The Labute approximate surface area is 179 Å². The van der Waals surface area contributed by atoms with Crippen molar-refractivity contribution in [2.45, 2.75) is 38.8 Å². The standard InChI is InChI=1S/C22H27F2N3O2S/c1-14(2)20(26-21(28)19-15(23)7-5-8-16(19)24)22(29)25-13-17(18-9-6-12-30-18)27-10-3-4-11-27/h5-9,12,14,17,20H,3-4,10-11,13H2,1-2H3,(H,25,29)(H,26,28)/t17-,20-/m1/s1. The molecule has 1 aromatic carbocycles. The maximum atomic E-state index is 13.9. The van der Waals surface area contributed by atoms with Gasteiger partial charge in [-0.3, -0.25) is 14.5 Å². The van der Waals surface area contributed by atoms with Gasteiger partial charge in [0.25, 0.3) is 5.91 Å². The zero-order valence-corrected chi connectivity index (χ0v) is 18.0. The van der Waals surface area contributed by atoms with Crippen LogP contribution in [0.1, 0.15) is 48.0 Å². The number of hydrogen-bond acceptors (Lipinski definition) is 4. The lowest BCUT2D eigenvalue weighted by molar-refractivity contribution is -0.124. The van der Waals surface area contributed by atoms with E-state index in [1.807, 2.05) is 11.4 Å². The third-order valence-corrected chi connectivity index (χ3v) is 6.32. The lowest BCUT2D eigenvalue weighted by Crippen LogP contribution is -2.51. The Morgan fingerprint density at radius 1 is 1.10 bits per heavy atom. The molecule has 1 saturated heterocycles. The molecule has 2 amide bonds. The Morgan fingerprint density at radius 2 is 1.77 bits per heavy atom. The van der Waals surface area contributed by atoms with Gasteiger partial charge in [0.05, 0.1) is 6.04 Å². The summed E-state index contributed by atoms with van der Waals surface area (Å²) >= 11 is 1.65. The Kier molecular flexibility index (Phi) is 7.55. The van der Waals surface area contributed by atoms with Crippen molar-refractivity contribution in [3.63, 3.8) is 0 Å². The van der Waals surface area contributed by atoms with Gasteiger partial charge in [-0.1, -0.05) is 26.0 Å². The first-order valence-corrected chi connectivity index (χ1v) is 11.1. The fourth-order valence-corrected chi connectivity index (χ4v) is 4.57. The molecule has 1 aromatic heterocycles. The first-order valence-electron chi connectivity index (χ1n) is 10.2. The lowest BCUT2D eigenvalue weighted by atomic mass is 10.0. The van der Waals surface area contributed by atoms with Crippen LogP contribution in [0.5, 0.6) is 0 Å². The molecule has 1 aliphatic rings. The number of hydrogen-bond donors (Lipinski definition) is 2. The molecule has 3 rings (SSSR count). The molecule has 8 heteroatoms. The van der Waals surface area contributed by atoms with Crippen molar-refractivity contribution in [2.75, 3.05) is 19.6 Å². The molecule has 162 valence electrons. The summed E-state index contributed by atoms with van der Waals surface area (Å²) in [5.74, 6) is -3.47. The highest BCUT2D eigenvalue weighted by Gasteiger charge is 2.29. The van der Waals surface area contributed by atoms with Crippen molar-refractivity contribution in [1.82, 2.24) is 15.5 Å². The Morgan fingerprint density at radius 3 is 2.33 bits per heavy atom. The molecule has 0 radical (unpaired) electrons. The van der Waals surface area contributed by atoms with Crippen molar-refractivity contribution < 1.29 is 18.4 Å². The summed E-state index contributed by atoms with van der Waals surface area (Å²) < 4.78 is 27.9. The molecular formula is C22H27F2N3O2S. The van der Waals surface area contributed by atoms with E-state index in [0.717, 1.165) is 38.1 Å². The van der Waals surface area contributed by atoms with Crippen LogP contribution in [0.25, 0.3) is 0 Å². The third-order valence-electron chi connectivity index (χ3n) is 5.35. The summed E-state index contributed by atoms with van der Waals surface area (Å²) in [6, 6.07) is 6.45. The second kappa shape index (κ2) is 10.1. The fourth-order valence-electron chi connectivity index (χ4n) is 3.71. The van der Waals surface area contributed by atoms with Gasteiger partial charge in [0.1, 0.15) is 23.2 Å². The second-order valence-corrected chi connectivity index (χ2v) is 8.79. The van der Waals surface area contributed by atoms with E-state index in [-0.39, 0.29) is 17.9 Å².